The van der Waals surface area contributed by atoms with E-state index in [1.54, 1.807) is 0 Å². The van der Waals surface area contributed by atoms with Crippen LogP contribution in [-0.2, 0) is 11.3 Å². The summed E-state index contributed by atoms with van der Waals surface area (Å²) < 4.78 is 5.62. The summed E-state index contributed by atoms with van der Waals surface area (Å²) in [7, 11) is 0. The number of aromatic amines is 1. The number of rotatable bonds is 8. The van der Waals surface area contributed by atoms with Gasteiger partial charge in [0.25, 0.3) is 5.91 Å². The maximum Gasteiger partial charge on any atom is 0.262 e. The molecule has 3 N–H and O–H groups in total. The van der Waals surface area contributed by atoms with Gasteiger partial charge in [0.05, 0.1) is 11.0 Å². The van der Waals surface area contributed by atoms with Crippen molar-refractivity contribution in [3.8, 4) is 17.1 Å². The van der Waals surface area contributed by atoms with Crippen LogP contribution in [0.1, 0.15) is 11.1 Å². The van der Waals surface area contributed by atoms with Gasteiger partial charge in [0.1, 0.15) is 11.6 Å². The molecule has 0 atom stereocenters. The highest BCUT2D eigenvalue weighted by Crippen LogP contribution is 2.22. The molecule has 174 valence electrons. The highest BCUT2D eigenvalue weighted by molar-refractivity contribution is 5.91. The molecule has 1 aromatic heterocycles. The Morgan fingerprint density at radius 3 is 2.31 bits per heavy atom. The second-order valence-corrected chi connectivity index (χ2v) is 8.38. The zero-order valence-electron chi connectivity index (χ0n) is 19.4. The van der Waals surface area contributed by atoms with Gasteiger partial charge in [-0.05, 0) is 73.2 Å². The van der Waals surface area contributed by atoms with Gasteiger partial charge < -0.3 is 20.4 Å². The summed E-state index contributed by atoms with van der Waals surface area (Å²) in [5, 5.41) is 6.26. The largest absolute Gasteiger partial charge is 0.484 e. The van der Waals surface area contributed by atoms with Crippen molar-refractivity contribution in [3.05, 3.63) is 108 Å². The summed E-state index contributed by atoms with van der Waals surface area (Å²) in [5.41, 5.74) is 7.08. The Kier molecular flexibility index (Phi) is 6.44. The number of para-hydroxylation sites is 2. The Morgan fingerprint density at radius 2 is 1.57 bits per heavy atom. The molecule has 5 aromatic rings. The molecule has 6 heteroatoms. The van der Waals surface area contributed by atoms with Crippen LogP contribution in [-0.4, -0.2) is 22.5 Å². The van der Waals surface area contributed by atoms with E-state index in [4.69, 9.17) is 4.74 Å². The van der Waals surface area contributed by atoms with Crippen molar-refractivity contribution in [3.63, 3.8) is 0 Å². The number of carbonyl (C=O) groups excluding carboxylic acids is 1. The van der Waals surface area contributed by atoms with Gasteiger partial charge in [-0.3, -0.25) is 4.79 Å². The predicted molar refractivity (Wildman–Crippen MR) is 141 cm³/mol. The number of hydrogen-bond donors (Lipinski definition) is 3. The molecule has 0 aliphatic heterocycles. The van der Waals surface area contributed by atoms with Crippen LogP contribution in [0.4, 0.5) is 11.4 Å². The normalized spacial score (nSPS) is 10.8. The first-order valence-electron chi connectivity index (χ1n) is 11.5. The lowest BCUT2D eigenvalue weighted by Gasteiger charge is -2.10. The number of aryl methyl sites for hydroxylation is 1. The summed E-state index contributed by atoms with van der Waals surface area (Å²) in [4.78, 5) is 20.1. The summed E-state index contributed by atoms with van der Waals surface area (Å²) >= 11 is 0. The molecular formula is C29H26N4O2. The smallest absolute Gasteiger partial charge is 0.262 e. The summed E-state index contributed by atoms with van der Waals surface area (Å²) in [6.07, 6.45) is 0. The van der Waals surface area contributed by atoms with Gasteiger partial charge in [-0.15, -0.1) is 0 Å². The SMILES string of the molecule is Cc1ccc(NC(=O)COc2ccc(CNc3ccc(-c4nc5ccccc5[nH]4)cc3)cc2)cc1. The summed E-state index contributed by atoms with van der Waals surface area (Å²) in [6, 6.07) is 31.6. The molecule has 0 saturated carbocycles. The van der Waals surface area contributed by atoms with Gasteiger partial charge in [-0.1, -0.05) is 42.0 Å². The van der Waals surface area contributed by atoms with Crippen molar-refractivity contribution >= 4 is 28.3 Å². The van der Waals surface area contributed by atoms with Crippen molar-refractivity contribution in [2.75, 3.05) is 17.2 Å². The lowest BCUT2D eigenvalue weighted by atomic mass is 10.2. The lowest BCUT2D eigenvalue weighted by molar-refractivity contribution is -0.118. The Bertz CT molecular complexity index is 1390. The van der Waals surface area contributed by atoms with Crippen molar-refractivity contribution in [2.45, 2.75) is 13.5 Å². The van der Waals surface area contributed by atoms with Crippen LogP contribution in [0, 0.1) is 6.92 Å². The zero-order valence-corrected chi connectivity index (χ0v) is 19.4. The molecule has 0 spiro atoms. The Morgan fingerprint density at radius 1 is 0.857 bits per heavy atom. The quantitative estimate of drug-likeness (QED) is 0.258. The molecule has 0 aliphatic carbocycles. The maximum absolute atomic E-state index is 12.1. The fourth-order valence-electron chi connectivity index (χ4n) is 3.73. The second kappa shape index (κ2) is 10.1. The van der Waals surface area contributed by atoms with Crippen LogP contribution in [0.25, 0.3) is 22.4 Å². The van der Waals surface area contributed by atoms with Crippen LogP contribution in [0.2, 0.25) is 0 Å². The number of ether oxygens (including phenoxy) is 1. The fourth-order valence-corrected chi connectivity index (χ4v) is 3.73. The van der Waals surface area contributed by atoms with E-state index in [1.165, 1.54) is 0 Å². The highest BCUT2D eigenvalue weighted by atomic mass is 16.5. The van der Waals surface area contributed by atoms with Crippen molar-refractivity contribution in [1.82, 2.24) is 9.97 Å². The first kappa shape index (κ1) is 22.2. The number of amides is 1. The number of H-pyrrole nitrogens is 1. The predicted octanol–water partition coefficient (Wildman–Crippen LogP) is 6.17. The molecule has 0 fully saturated rings. The third-order valence-electron chi connectivity index (χ3n) is 5.67. The first-order chi connectivity index (χ1) is 17.1. The van der Waals surface area contributed by atoms with Gasteiger partial charge in [0, 0.05) is 23.5 Å². The Hall–Kier alpha value is -4.58. The van der Waals surface area contributed by atoms with Crippen LogP contribution in [0.5, 0.6) is 5.75 Å². The summed E-state index contributed by atoms with van der Waals surface area (Å²) in [5.74, 6) is 1.33. The number of nitrogens with one attached hydrogen (secondary N) is 3. The molecular weight excluding hydrogens is 436 g/mol. The van der Waals surface area contributed by atoms with E-state index in [2.05, 4.69) is 32.7 Å². The van der Waals surface area contributed by atoms with Gasteiger partial charge in [0.15, 0.2) is 6.61 Å². The van der Waals surface area contributed by atoms with Crippen molar-refractivity contribution < 1.29 is 9.53 Å². The molecule has 0 aliphatic rings. The van der Waals surface area contributed by atoms with Crippen molar-refractivity contribution in [1.29, 1.82) is 0 Å². The number of hydrogen-bond acceptors (Lipinski definition) is 4. The minimum absolute atomic E-state index is 0.0386. The minimum atomic E-state index is -0.189. The van der Waals surface area contributed by atoms with E-state index >= 15 is 0 Å². The molecule has 0 saturated heterocycles. The Labute approximate surface area is 204 Å². The number of aromatic nitrogens is 2. The average Bonchev–Trinajstić information content (AvgIpc) is 3.33. The third-order valence-corrected chi connectivity index (χ3v) is 5.67. The number of nitrogens with zero attached hydrogens (tertiary/aromatic N) is 1. The van der Waals surface area contributed by atoms with Crippen LogP contribution >= 0.6 is 0 Å². The van der Waals surface area contributed by atoms with Gasteiger partial charge in [0.2, 0.25) is 0 Å². The average molecular weight is 463 g/mol. The number of carbonyl (C=O) groups is 1. The molecule has 1 amide bonds. The van der Waals surface area contributed by atoms with E-state index < -0.39 is 0 Å². The fraction of sp³-hybridized carbons (Fsp3) is 0.103. The van der Waals surface area contributed by atoms with E-state index in [1.807, 2.05) is 91.9 Å². The lowest BCUT2D eigenvalue weighted by Crippen LogP contribution is -2.20. The van der Waals surface area contributed by atoms with Crippen LogP contribution in [0.3, 0.4) is 0 Å². The molecule has 0 unspecified atom stereocenters. The Balaban J connectivity index is 1.11. The molecule has 6 nitrogen and oxygen atoms in total. The molecule has 4 aromatic carbocycles. The number of benzene rings is 4. The van der Waals surface area contributed by atoms with Crippen LogP contribution in [0.15, 0.2) is 97.1 Å². The van der Waals surface area contributed by atoms with Crippen LogP contribution < -0.4 is 15.4 Å². The minimum Gasteiger partial charge on any atom is -0.484 e. The number of imidazole rings is 1. The number of anilines is 2. The van der Waals surface area contributed by atoms with E-state index in [0.717, 1.165) is 44.9 Å². The standard InChI is InChI=1S/C29H26N4O2/c1-20-6-12-24(13-7-20)31-28(34)19-35-25-16-8-21(9-17-25)18-30-23-14-10-22(11-15-23)29-32-26-4-2-3-5-27(26)33-29/h2-17,30H,18-19H2,1H3,(H,31,34)(H,32,33). The topological polar surface area (TPSA) is 79.0 Å². The molecule has 1 heterocycles. The number of fused-ring (bicyclic) bond motifs is 1. The molecule has 35 heavy (non-hydrogen) atoms. The molecule has 0 bridgehead atoms. The monoisotopic (exact) mass is 462 g/mol. The molecule has 5 rings (SSSR count). The van der Waals surface area contributed by atoms with E-state index in [0.29, 0.717) is 12.3 Å². The first-order valence-corrected chi connectivity index (χ1v) is 11.5. The van der Waals surface area contributed by atoms with E-state index in [9.17, 15) is 4.79 Å². The van der Waals surface area contributed by atoms with Gasteiger partial charge >= 0.3 is 0 Å². The maximum atomic E-state index is 12.1. The van der Waals surface area contributed by atoms with Gasteiger partial charge in [-0.25, -0.2) is 4.98 Å². The third kappa shape index (κ3) is 5.68. The second-order valence-electron chi connectivity index (χ2n) is 8.38. The summed E-state index contributed by atoms with van der Waals surface area (Å²) in [6.45, 7) is 2.65. The molecule has 0 radical (unpaired) electrons. The van der Waals surface area contributed by atoms with Gasteiger partial charge in [-0.2, -0.15) is 0 Å². The zero-order chi connectivity index (χ0) is 24.0. The highest BCUT2D eigenvalue weighted by Gasteiger charge is 2.06. The van der Waals surface area contributed by atoms with E-state index in [-0.39, 0.29) is 12.5 Å². The van der Waals surface area contributed by atoms with Crippen molar-refractivity contribution in [2.24, 2.45) is 0 Å².